The zero-order valence-electron chi connectivity index (χ0n) is 21.1. The number of ketones is 1. The number of amides is 4. The van der Waals surface area contributed by atoms with Crippen molar-refractivity contribution in [2.45, 2.75) is 95.6 Å². The number of rotatable bonds is 14. The molecule has 4 amide bonds. The van der Waals surface area contributed by atoms with E-state index in [0.717, 1.165) is 44.8 Å². The van der Waals surface area contributed by atoms with Crippen molar-refractivity contribution in [1.82, 2.24) is 20.9 Å². The predicted molar refractivity (Wildman–Crippen MR) is 131 cm³/mol. The highest BCUT2D eigenvalue weighted by atomic mass is 16.5. The molecule has 2 rings (SSSR count). The van der Waals surface area contributed by atoms with Crippen LogP contribution >= 0.6 is 0 Å². The van der Waals surface area contributed by atoms with Gasteiger partial charge < -0.3 is 30.4 Å². The third kappa shape index (κ3) is 9.23. The van der Waals surface area contributed by atoms with Gasteiger partial charge in [0.1, 0.15) is 11.8 Å². The van der Waals surface area contributed by atoms with E-state index in [2.05, 4.69) is 16.0 Å². The molecule has 2 aliphatic rings. The molecule has 10 nitrogen and oxygen atoms in total. The van der Waals surface area contributed by atoms with Crippen LogP contribution in [-0.4, -0.2) is 79.2 Å². The lowest BCUT2D eigenvalue weighted by Gasteiger charge is -2.39. The summed E-state index contributed by atoms with van der Waals surface area (Å²) in [5.41, 5.74) is -1.09. The average Bonchev–Trinajstić information content (AvgIpc) is 2.88. The van der Waals surface area contributed by atoms with Gasteiger partial charge in [-0.15, -0.1) is 0 Å². The van der Waals surface area contributed by atoms with Crippen molar-refractivity contribution in [3.63, 3.8) is 0 Å². The highest BCUT2D eigenvalue weighted by Crippen LogP contribution is 2.29. The lowest BCUT2D eigenvalue weighted by atomic mass is 9.80. The Morgan fingerprint density at radius 1 is 1.00 bits per heavy atom. The fraction of sp³-hybridized carbons (Fsp3) is 0.800. The average molecular weight is 495 g/mol. The van der Waals surface area contributed by atoms with Gasteiger partial charge in [-0.05, 0) is 32.1 Å². The molecule has 1 aliphatic carbocycles. The minimum absolute atomic E-state index is 0.297. The van der Waals surface area contributed by atoms with Crippen molar-refractivity contribution < 1.29 is 28.7 Å². The quantitative estimate of drug-likeness (QED) is 0.192. The summed E-state index contributed by atoms with van der Waals surface area (Å²) < 4.78 is 5.31. The summed E-state index contributed by atoms with van der Waals surface area (Å²) >= 11 is 0. The molecule has 0 bridgehead atoms. The fourth-order valence-electron chi connectivity index (χ4n) is 4.56. The highest BCUT2D eigenvalue weighted by molar-refractivity contribution is 6.38. The number of nitrogens with zero attached hydrogens (tertiary/aromatic N) is 1. The van der Waals surface area contributed by atoms with Crippen molar-refractivity contribution >= 4 is 29.9 Å². The molecular weight excluding hydrogens is 452 g/mol. The first-order chi connectivity index (χ1) is 16.9. The van der Waals surface area contributed by atoms with Crippen molar-refractivity contribution in [3.05, 3.63) is 0 Å². The van der Waals surface area contributed by atoms with Gasteiger partial charge in [0.25, 0.3) is 5.91 Å². The minimum Gasteiger partial charge on any atom is -0.378 e. The second-order valence-electron chi connectivity index (χ2n) is 9.48. The molecule has 2 fully saturated rings. The van der Waals surface area contributed by atoms with E-state index in [1.165, 1.54) is 0 Å². The number of nitrogens with one attached hydrogen (secondary N) is 3. The largest absolute Gasteiger partial charge is 0.378 e. The number of carbonyl (C=O) groups excluding carboxylic acids is 5. The molecule has 0 radical (unpaired) electrons. The molecule has 0 aromatic heterocycles. The first-order valence-electron chi connectivity index (χ1n) is 13.1. The second kappa shape index (κ2) is 15.5. The predicted octanol–water partition coefficient (Wildman–Crippen LogP) is 1.85. The number of ether oxygens (including phenoxy) is 1. The van der Waals surface area contributed by atoms with E-state index >= 15 is 0 Å². The summed E-state index contributed by atoms with van der Waals surface area (Å²) in [6.45, 7) is 4.19. The number of aldehydes is 1. The Kier molecular flexibility index (Phi) is 12.7. The number of urea groups is 1. The van der Waals surface area contributed by atoms with Gasteiger partial charge in [-0.1, -0.05) is 45.4 Å². The van der Waals surface area contributed by atoms with Crippen LogP contribution in [-0.2, 0) is 23.9 Å². The van der Waals surface area contributed by atoms with Crippen molar-refractivity contribution in [3.8, 4) is 0 Å². The van der Waals surface area contributed by atoms with Gasteiger partial charge in [0, 0.05) is 26.1 Å². The van der Waals surface area contributed by atoms with E-state index in [4.69, 9.17) is 4.74 Å². The van der Waals surface area contributed by atoms with Crippen LogP contribution in [0, 0.1) is 0 Å². The zero-order valence-corrected chi connectivity index (χ0v) is 21.1. The lowest BCUT2D eigenvalue weighted by Crippen LogP contribution is -2.64. The van der Waals surface area contributed by atoms with Gasteiger partial charge in [-0.25, -0.2) is 4.79 Å². The summed E-state index contributed by atoms with van der Waals surface area (Å²) in [5.74, 6) is -1.77. The molecular formula is C25H42N4O6. The molecule has 1 saturated carbocycles. The molecule has 0 aromatic rings. The third-order valence-electron chi connectivity index (χ3n) is 6.76. The molecule has 3 N–H and O–H groups in total. The molecule has 35 heavy (non-hydrogen) atoms. The monoisotopic (exact) mass is 494 g/mol. The highest BCUT2D eigenvalue weighted by Gasteiger charge is 2.43. The summed E-state index contributed by atoms with van der Waals surface area (Å²) in [4.78, 5) is 63.9. The van der Waals surface area contributed by atoms with Gasteiger partial charge in [0.2, 0.25) is 11.7 Å². The van der Waals surface area contributed by atoms with Crippen LogP contribution in [0.2, 0.25) is 0 Å². The van der Waals surface area contributed by atoms with Gasteiger partial charge in [0.15, 0.2) is 0 Å². The van der Waals surface area contributed by atoms with Crippen LogP contribution < -0.4 is 16.0 Å². The maximum atomic E-state index is 13.5. The molecule has 198 valence electrons. The van der Waals surface area contributed by atoms with Gasteiger partial charge >= 0.3 is 6.03 Å². The topological polar surface area (TPSA) is 134 Å². The number of hydrogen-bond donors (Lipinski definition) is 3. The Hall–Kier alpha value is -2.49. The van der Waals surface area contributed by atoms with Gasteiger partial charge in [-0.3, -0.25) is 14.4 Å². The Balaban J connectivity index is 2.02. The normalized spacial score (nSPS) is 18.3. The van der Waals surface area contributed by atoms with Crippen LogP contribution in [0.15, 0.2) is 0 Å². The van der Waals surface area contributed by atoms with Crippen molar-refractivity contribution in [2.24, 2.45) is 0 Å². The molecule has 0 unspecified atom stereocenters. The van der Waals surface area contributed by atoms with Crippen LogP contribution in [0.25, 0.3) is 0 Å². The fourth-order valence-corrected chi connectivity index (χ4v) is 4.56. The first-order valence-corrected chi connectivity index (χ1v) is 13.1. The molecule has 1 saturated heterocycles. The Morgan fingerprint density at radius 3 is 2.37 bits per heavy atom. The number of hydrogen-bond acceptors (Lipinski definition) is 6. The minimum atomic E-state index is -1.09. The standard InChI is InChI=1S/C25H42N4O6/c1-2-3-11-20(21(31)22(32)26-14-9-4-5-10-17-30)27-23(33)25(12-7-6-8-13-25)28-24(34)29-15-18-35-19-16-29/h17,20H,2-16,18-19H2,1H3,(H,26,32)(H,27,33)(H,28,34)/t20-/m0/s1. The lowest BCUT2D eigenvalue weighted by molar-refractivity contribution is -0.141. The summed E-state index contributed by atoms with van der Waals surface area (Å²) in [6, 6.07) is -1.23. The second-order valence-corrected chi connectivity index (χ2v) is 9.48. The van der Waals surface area contributed by atoms with E-state index < -0.39 is 29.2 Å². The molecule has 1 aliphatic heterocycles. The van der Waals surface area contributed by atoms with Crippen molar-refractivity contribution in [2.75, 3.05) is 32.8 Å². The number of carbonyl (C=O) groups is 5. The van der Waals surface area contributed by atoms with E-state index in [0.29, 0.717) is 71.4 Å². The molecule has 0 spiro atoms. The molecule has 0 aromatic carbocycles. The Bertz CT molecular complexity index is 717. The van der Waals surface area contributed by atoms with Crippen LogP contribution in [0.4, 0.5) is 4.79 Å². The summed E-state index contributed by atoms with van der Waals surface area (Å²) in [6.07, 6.45) is 9.01. The third-order valence-corrected chi connectivity index (χ3v) is 6.76. The van der Waals surface area contributed by atoms with Crippen LogP contribution in [0.5, 0.6) is 0 Å². The first kappa shape index (κ1) is 28.7. The Labute approximate surface area is 208 Å². The van der Waals surface area contributed by atoms with Crippen LogP contribution in [0.1, 0.15) is 84.0 Å². The molecule has 10 heteroatoms. The maximum Gasteiger partial charge on any atom is 0.318 e. The number of Topliss-reactive ketones (excluding diaryl/α,β-unsaturated/α-hetero) is 1. The summed E-state index contributed by atoms with van der Waals surface area (Å²) in [7, 11) is 0. The van der Waals surface area contributed by atoms with E-state index in [1.54, 1.807) is 4.90 Å². The summed E-state index contributed by atoms with van der Waals surface area (Å²) in [5, 5.41) is 8.43. The maximum absolute atomic E-state index is 13.5. The van der Waals surface area contributed by atoms with E-state index in [1.807, 2.05) is 6.92 Å². The van der Waals surface area contributed by atoms with Crippen molar-refractivity contribution in [1.29, 1.82) is 0 Å². The smallest absolute Gasteiger partial charge is 0.318 e. The number of unbranched alkanes of at least 4 members (excludes halogenated alkanes) is 4. The number of morpholine rings is 1. The van der Waals surface area contributed by atoms with E-state index in [9.17, 15) is 24.0 Å². The molecule has 1 atom stereocenters. The zero-order chi connectivity index (χ0) is 25.5. The Morgan fingerprint density at radius 2 is 1.71 bits per heavy atom. The SMILES string of the molecule is CCCC[C@H](NC(=O)C1(NC(=O)N2CCOCC2)CCCCC1)C(=O)C(=O)NCCCCCC=O. The van der Waals surface area contributed by atoms with Crippen LogP contribution in [0.3, 0.4) is 0 Å². The van der Waals surface area contributed by atoms with E-state index in [-0.39, 0.29) is 6.03 Å². The van der Waals surface area contributed by atoms with Gasteiger partial charge in [-0.2, -0.15) is 0 Å². The van der Waals surface area contributed by atoms with Gasteiger partial charge in [0.05, 0.1) is 19.3 Å². The molecule has 1 heterocycles.